The fraction of sp³-hybridized carbons (Fsp3) is 0.0769. The van der Waals surface area contributed by atoms with Crippen LogP contribution in [0.1, 0.15) is 47.2 Å². The first-order valence-electron chi connectivity index (χ1n) is 18.7. The Morgan fingerprint density at radius 1 is 0.302 bits per heavy atom. The highest BCUT2D eigenvalue weighted by Gasteiger charge is 2.51. The number of fused-ring (bicyclic) bond motifs is 13. The van der Waals surface area contributed by atoms with Gasteiger partial charge in [0, 0.05) is 22.5 Å². The van der Waals surface area contributed by atoms with E-state index in [2.05, 4.69) is 207 Å². The van der Waals surface area contributed by atoms with E-state index in [-0.39, 0.29) is 10.8 Å². The molecule has 0 aromatic heterocycles. The minimum absolute atomic E-state index is 0.0999. The Balaban J connectivity index is 1.13. The van der Waals surface area contributed by atoms with Crippen LogP contribution < -0.4 is 4.90 Å². The molecule has 0 heterocycles. The number of hydrogen-bond acceptors (Lipinski definition) is 1. The lowest BCUT2D eigenvalue weighted by Gasteiger charge is -2.31. The molecule has 1 heteroatoms. The van der Waals surface area contributed by atoms with Gasteiger partial charge in [-0.15, -0.1) is 0 Å². The van der Waals surface area contributed by atoms with Crippen molar-refractivity contribution in [2.75, 3.05) is 4.90 Å². The van der Waals surface area contributed by atoms with Crippen molar-refractivity contribution in [3.63, 3.8) is 0 Å². The molecule has 0 saturated carbocycles. The zero-order chi connectivity index (χ0) is 35.3. The van der Waals surface area contributed by atoms with Gasteiger partial charge in [-0.25, -0.2) is 0 Å². The van der Waals surface area contributed by atoms with Gasteiger partial charge in [-0.2, -0.15) is 0 Å². The number of nitrogens with zero attached hydrogens (tertiary/aromatic N) is 1. The number of rotatable bonds is 4. The van der Waals surface area contributed by atoms with Crippen LogP contribution in [0.25, 0.3) is 44.5 Å². The van der Waals surface area contributed by atoms with Gasteiger partial charge in [-0.3, -0.25) is 0 Å². The lowest BCUT2D eigenvalue weighted by Crippen LogP contribution is -2.25. The molecule has 0 aliphatic heterocycles. The van der Waals surface area contributed by atoms with Gasteiger partial charge in [-0.05, 0) is 114 Å². The maximum absolute atomic E-state index is 2.46. The van der Waals surface area contributed by atoms with E-state index in [1.54, 1.807) is 0 Å². The van der Waals surface area contributed by atoms with Crippen molar-refractivity contribution < 1.29 is 0 Å². The normalized spacial score (nSPS) is 14.5. The van der Waals surface area contributed by atoms with Gasteiger partial charge < -0.3 is 4.90 Å². The molecule has 0 atom stereocenters. The van der Waals surface area contributed by atoms with Gasteiger partial charge in [0.25, 0.3) is 0 Å². The summed E-state index contributed by atoms with van der Waals surface area (Å²) >= 11 is 0. The maximum Gasteiger partial charge on any atom is 0.0725 e. The molecule has 0 unspecified atom stereocenters. The molecular formula is C52H37N. The topological polar surface area (TPSA) is 3.24 Å². The quantitative estimate of drug-likeness (QED) is 0.179. The first-order valence-corrected chi connectivity index (χ1v) is 18.7. The van der Waals surface area contributed by atoms with E-state index < -0.39 is 0 Å². The Hall–Kier alpha value is -6.44. The van der Waals surface area contributed by atoms with Gasteiger partial charge in [0.2, 0.25) is 0 Å². The summed E-state index contributed by atoms with van der Waals surface area (Å²) < 4.78 is 0. The van der Waals surface area contributed by atoms with Crippen LogP contribution in [0.2, 0.25) is 0 Å². The van der Waals surface area contributed by atoms with E-state index in [4.69, 9.17) is 0 Å². The molecule has 0 saturated heterocycles. The zero-order valence-electron chi connectivity index (χ0n) is 29.8. The van der Waals surface area contributed by atoms with Gasteiger partial charge >= 0.3 is 0 Å². The molecule has 0 N–H and O–H groups in total. The first kappa shape index (κ1) is 30.2. The lowest BCUT2D eigenvalue weighted by atomic mass is 9.70. The largest absolute Gasteiger partial charge is 0.310 e. The van der Waals surface area contributed by atoms with Gasteiger partial charge in [0.15, 0.2) is 0 Å². The van der Waals surface area contributed by atoms with Crippen LogP contribution in [0.3, 0.4) is 0 Å². The highest BCUT2D eigenvalue weighted by Crippen LogP contribution is 2.63. The third-order valence-electron chi connectivity index (χ3n) is 12.3. The summed E-state index contributed by atoms with van der Waals surface area (Å²) in [5, 5.41) is 0. The van der Waals surface area contributed by atoms with E-state index >= 15 is 0 Å². The summed E-state index contributed by atoms with van der Waals surface area (Å²) in [7, 11) is 0. The number of benzene rings is 8. The van der Waals surface area contributed by atoms with Crippen molar-refractivity contribution in [1.82, 2.24) is 0 Å². The molecule has 8 aromatic carbocycles. The molecule has 250 valence electrons. The smallest absolute Gasteiger partial charge is 0.0725 e. The SMILES string of the molecule is CC1(C)c2ccccc2-c2ccc(N(c3ccc(-c4ccccc4)cc3)c3ccc4c(c3)-c3ccccc3C43c4ccccc4-c4ccccc43)cc21. The third-order valence-corrected chi connectivity index (χ3v) is 12.3. The third kappa shape index (κ3) is 4.08. The molecule has 8 aromatic rings. The Morgan fingerprint density at radius 3 is 1.34 bits per heavy atom. The van der Waals surface area contributed by atoms with Crippen molar-refractivity contribution in [2.45, 2.75) is 24.7 Å². The molecule has 0 bridgehead atoms. The predicted molar refractivity (Wildman–Crippen MR) is 220 cm³/mol. The molecule has 53 heavy (non-hydrogen) atoms. The monoisotopic (exact) mass is 675 g/mol. The van der Waals surface area contributed by atoms with Gasteiger partial charge in [-0.1, -0.05) is 166 Å². The molecule has 0 radical (unpaired) electrons. The summed E-state index contributed by atoms with van der Waals surface area (Å²) in [6.45, 7) is 4.73. The first-order chi connectivity index (χ1) is 26.0. The molecule has 11 rings (SSSR count). The molecular weight excluding hydrogens is 639 g/mol. The Kier molecular flexibility index (Phi) is 6.29. The number of hydrogen-bond donors (Lipinski definition) is 0. The van der Waals surface area contributed by atoms with E-state index in [1.165, 1.54) is 77.9 Å². The Morgan fingerprint density at radius 2 is 0.717 bits per heavy atom. The fourth-order valence-corrected chi connectivity index (χ4v) is 9.94. The highest BCUT2D eigenvalue weighted by molar-refractivity contribution is 5.97. The maximum atomic E-state index is 2.46. The molecule has 0 amide bonds. The fourth-order valence-electron chi connectivity index (χ4n) is 9.94. The summed E-state index contributed by atoms with van der Waals surface area (Å²) in [6, 6.07) is 70.1. The zero-order valence-corrected chi connectivity index (χ0v) is 29.8. The van der Waals surface area contributed by atoms with Crippen LogP contribution in [0.4, 0.5) is 17.1 Å². The second kappa shape index (κ2) is 11.0. The summed E-state index contributed by atoms with van der Waals surface area (Å²) in [5.41, 5.74) is 21.6. The van der Waals surface area contributed by atoms with Crippen LogP contribution in [-0.4, -0.2) is 0 Å². The predicted octanol–water partition coefficient (Wildman–Crippen LogP) is 13.5. The van der Waals surface area contributed by atoms with Crippen LogP contribution in [0, 0.1) is 0 Å². The average Bonchev–Trinajstić information content (AvgIpc) is 3.77. The van der Waals surface area contributed by atoms with E-state index in [1.807, 2.05) is 0 Å². The summed E-state index contributed by atoms with van der Waals surface area (Å²) in [4.78, 5) is 2.46. The Labute approximate surface area is 311 Å². The van der Waals surface area contributed by atoms with Crippen LogP contribution in [-0.2, 0) is 10.8 Å². The van der Waals surface area contributed by atoms with E-state index in [9.17, 15) is 0 Å². The number of anilines is 3. The Bertz CT molecular complexity index is 2710. The van der Waals surface area contributed by atoms with Crippen molar-refractivity contribution in [3.8, 4) is 44.5 Å². The van der Waals surface area contributed by atoms with E-state index in [0.29, 0.717) is 0 Å². The lowest BCUT2D eigenvalue weighted by molar-refractivity contribution is 0.660. The summed E-state index contributed by atoms with van der Waals surface area (Å²) in [5.74, 6) is 0. The molecule has 3 aliphatic carbocycles. The van der Waals surface area contributed by atoms with Crippen molar-refractivity contribution >= 4 is 17.1 Å². The molecule has 3 aliphatic rings. The highest BCUT2D eigenvalue weighted by atomic mass is 15.1. The van der Waals surface area contributed by atoms with Gasteiger partial charge in [0.05, 0.1) is 5.41 Å². The van der Waals surface area contributed by atoms with Gasteiger partial charge in [0.1, 0.15) is 0 Å². The van der Waals surface area contributed by atoms with Crippen molar-refractivity contribution in [3.05, 3.63) is 221 Å². The second-order valence-electron chi connectivity index (χ2n) is 15.3. The van der Waals surface area contributed by atoms with Crippen LogP contribution in [0.5, 0.6) is 0 Å². The average molecular weight is 676 g/mol. The minimum atomic E-state index is -0.358. The molecule has 1 spiro atoms. The van der Waals surface area contributed by atoms with E-state index in [0.717, 1.165) is 17.1 Å². The minimum Gasteiger partial charge on any atom is -0.310 e. The van der Waals surface area contributed by atoms with Crippen LogP contribution >= 0.6 is 0 Å². The second-order valence-corrected chi connectivity index (χ2v) is 15.3. The molecule has 0 fully saturated rings. The van der Waals surface area contributed by atoms with Crippen LogP contribution in [0.15, 0.2) is 188 Å². The van der Waals surface area contributed by atoms with Crippen molar-refractivity contribution in [1.29, 1.82) is 0 Å². The standard InChI is InChI=1S/C52H37N/c1-51(2)45-20-10-6-16-39(45)43-30-28-38(33-50(43)51)53(36-26-24-35(25-27-36)34-14-4-3-5-15-34)37-29-31-49-44(32-37)42-19-9-13-23-48(42)52(49)46-21-11-7-17-40(46)41-18-8-12-22-47(41)52/h3-33H,1-2H3. The summed E-state index contributed by atoms with van der Waals surface area (Å²) in [6.07, 6.45) is 0. The van der Waals surface area contributed by atoms with Crippen molar-refractivity contribution in [2.24, 2.45) is 0 Å². The molecule has 1 nitrogen and oxygen atoms in total.